The molecule has 164 valence electrons. The minimum absolute atomic E-state index is 0.00249. The molecule has 2 rings (SSSR count). The lowest BCUT2D eigenvalue weighted by Crippen LogP contribution is -2.24. The third-order valence-electron chi connectivity index (χ3n) is 4.26. The number of allylic oxidation sites excluding steroid dienone is 1. The molecule has 2 unspecified atom stereocenters. The van der Waals surface area contributed by atoms with Crippen molar-refractivity contribution in [3.8, 4) is 0 Å². The van der Waals surface area contributed by atoms with Crippen LogP contribution >= 0.6 is 0 Å². The van der Waals surface area contributed by atoms with Crippen molar-refractivity contribution in [2.45, 2.75) is 39.0 Å². The second-order valence-corrected chi connectivity index (χ2v) is 6.93. The largest absolute Gasteiger partial charge is 0.462 e. The van der Waals surface area contributed by atoms with Gasteiger partial charge in [-0.25, -0.2) is 4.39 Å². The average Bonchev–Trinajstić information content (AvgIpc) is 2.69. The first-order chi connectivity index (χ1) is 14.0. The summed E-state index contributed by atoms with van der Waals surface area (Å²) < 4.78 is 54.7. The molecule has 3 nitrogen and oxygen atoms in total. The Balaban J connectivity index is 0.000000467. The van der Waals surface area contributed by atoms with E-state index < -0.39 is 17.7 Å². The number of hydrogen-bond acceptors (Lipinski definition) is 3. The fourth-order valence-electron chi connectivity index (χ4n) is 2.68. The third kappa shape index (κ3) is 9.69. The van der Waals surface area contributed by atoms with Crippen LogP contribution in [0.3, 0.4) is 0 Å². The third-order valence-corrected chi connectivity index (χ3v) is 4.26. The molecule has 2 N–H and O–H groups in total. The van der Waals surface area contributed by atoms with Crippen LogP contribution in [0.2, 0.25) is 0 Å². The Bertz CT molecular complexity index is 765. The number of hydrogen-bond donors (Lipinski definition) is 1. The molecule has 0 aromatic heterocycles. The lowest BCUT2D eigenvalue weighted by Gasteiger charge is -2.18. The molecular weight excluding hydrogens is 398 g/mol. The smallest absolute Gasteiger partial charge is 0.416 e. The van der Waals surface area contributed by atoms with Gasteiger partial charge in [-0.15, -0.1) is 6.58 Å². The summed E-state index contributed by atoms with van der Waals surface area (Å²) in [5, 5.41) is 0. The van der Waals surface area contributed by atoms with Gasteiger partial charge in [0.05, 0.1) is 18.2 Å². The maximum absolute atomic E-state index is 12.5. The summed E-state index contributed by atoms with van der Waals surface area (Å²) in [5.41, 5.74) is 6.36. The van der Waals surface area contributed by atoms with Crippen LogP contribution in [0.25, 0.3) is 0 Å². The number of aryl methyl sites for hydroxylation is 1. The highest BCUT2D eigenvalue weighted by molar-refractivity contribution is 5.71. The lowest BCUT2D eigenvalue weighted by molar-refractivity contribution is -0.147. The molecule has 2 atom stereocenters. The van der Waals surface area contributed by atoms with Gasteiger partial charge in [0.15, 0.2) is 0 Å². The molecule has 0 bridgehead atoms. The van der Waals surface area contributed by atoms with E-state index in [1.165, 1.54) is 24.3 Å². The van der Waals surface area contributed by atoms with E-state index in [4.69, 9.17) is 10.5 Å². The van der Waals surface area contributed by atoms with Crippen LogP contribution in [0.5, 0.6) is 0 Å². The fraction of sp³-hybridized carbons (Fsp3) is 0.348. The first kappa shape index (κ1) is 25.4. The molecule has 0 aliphatic carbocycles. The predicted octanol–water partition coefficient (Wildman–Crippen LogP) is 5.46. The number of rotatable bonds is 7. The first-order valence-electron chi connectivity index (χ1n) is 9.45. The van der Waals surface area contributed by atoms with Crippen molar-refractivity contribution in [1.82, 2.24) is 0 Å². The highest BCUT2D eigenvalue weighted by Crippen LogP contribution is 2.29. The van der Waals surface area contributed by atoms with Gasteiger partial charge in [-0.1, -0.05) is 35.9 Å². The Morgan fingerprint density at radius 3 is 2.13 bits per heavy atom. The molecule has 2 aromatic rings. The molecule has 0 radical (unpaired) electrons. The maximum Gasteiger partial charge on any atom is 0.416 e. The minimum Gasteiger partial charge on any atom is -0.462 e. The predicted molar refractivity (Wildman–Crippen MR) is 109 cm³/mol. The molecule has 7 heteroatoms. The van der Waals surface area contributed by atoms with Crippen molar-refractivity contribution in [2.75, 3.05) is 6.54 Å². The van der Waals surface area contributed by atoms with E-state index in [0.717, 1.165) is 23.3 Å². The van der Waals surface area contributed by atoms with Gasteiger partial charge in [0.1, 0.15) is 5.82 Å². The molecule has 2 aromatic carbocycles. The molecule has 0 spiro atoms. The lowest BCUT2D eigenvalue weighted by atomic mass is 9.93. The van der Waals surface area contributed by atoms with Crippen molar-refractivity contribution < 1.29 is 27.1 Å². The zero-order valence-corrected chi connectivity index (χ0v) is 17.1. The molecule has 0 aliphatic heterocycles. The highest BCUT2D eigenvalue weighted by atomic mass is 19.4. The zero-order valence-electron chi connectivity index (χ0n) is 17.1. The van der Waals surface area contributed by atoms with Gasteiger partial charge in [-0.3, -0.25) is 4.79 Å². The SMILES string of the molecule is C=CC(Cc1ccc(C(F)(F)F)cc1)CC(C)OC(=O)CN.Cc1ccc(F)cc1. The fourth-order valence-corrected chi connectivity index (χ4v) is 2.68. The first-order valence-corrected chi connectivity index (χ1v) is 9.45. The van der Waals surface area contributed by atoms with Gasteiger partial charge < -0.3 is 10.5 Å². The summed E-state index contributed by atoms with van der Waals surface area (Å²) in [6, 6.07) is 11.4. The van der Waals surface area contributed by atoms with Gasteiger partial charge >= 0.3 is 12.1 Å². The highest BCUT2D eigenvalue weighted by Gasteiger charge is 2.30. The summed E-state index contributed by atoms with van der Waals surface area (Å²) in [6.07, 6.45) is -1.87. The number of esters is 1. The van der Waals surface area contributed by atoms with Crippen molar-refractivity contribution in [1.29, 1.82) is 0 Å². The van der Waals surface area contributed by atoms with Crippen molar-refractivity contribution in [3.05, 3.63) is 83.7 Å². The summed E-state index contributed by atoms with van der Waals surface area (Å²) in [4.78, 5) is 11.1. The van der Waals surface area contributed by atoms with Crippen molar-refractivity contribution in [3.63, 3.8) is 0 Å². The standard InChI is InChI=1S/C16H20F3NO2.C7H7F/c1-3-12(8-11(2)22-15(21)10-20)9-13-4-6-14(7-5-13)16(17,18)19;1-6-2-4-7(8)5-3-6/h3-7,11-12H,1,8-10,20H2,2H3;2-5H,1H3. The zero-order chi connectivity index (χ0) is 22.7. The van der Waals surface area contributed by atoms with E-state index in [1.54, 1.807) is 25.1 Å². The number of ether oxygens (including phenoxy) is 1. The molecule has 0 saturated heterocycles. The van der Waals surface area contributed by atoms with E-state index in [-0.39, 0.29) is 24.4 Å². The number of carbonyl (C=O) groups is 1. The van der Waals surface area contributed by atoms with Crippen LogP contribution in [0.1, 0.15) is 30.0 Å². The topological polar surface area (TPSA) is 52.3 Å². The van der Waals surface area contributed by atoms with Crippen molar-refractivity contribution in [2.24, 2.45) is 11.7 Å². The summed E-state index contributed by atoms with van der Waals surface area (Å²) in [7, 11) is 0. The Labute approximate surface area is 174 Å². The molecule has 0 heterocycles. The van der Waals surface area contributed by atoms with Gasteiger partial charge in [-0.05, 0) is 62.4 Å². The van der Waals surface area contributed by atoms with Crippen LogP contribution in [0.4, 0.5) is 17.6 Å². The average molecular weight is 425 g/mol. The van der Waals surface area contributed by atoms with Gasteiger partial charge in [0.25, 0.3) is 0 Å². The van der Waals surface area contributed by atoms with E-state index in [1.807, 2.05) is 6.92 Å². The van der Waals surface area contributed by atoms with E-state index >= 15 is 0 Å². The van der Waals surface area contributed by atoms with E-state index in [2.05, 4.69) is 6.58 Å². The summed E-state index contributed by atoms with van der Waals surface area (Å²) in [5.74, 6) is -0.655. The Hall–Kier alpha value is -2.67. The number of halogens is 4. The van der Waals surface area contributed by atoms with Crippen LogP contribution < -0.4 is 5.73 Å². The van der Waals surface area contributed by atoms with Gasteiger partial charge in [0.2, 0.25) is 0 Å². The second kappa shape index (κ2) is 12.1. The Morgan fingerprint density at radius 1 is 1.13 bits per heavy atom. The summed E-state index contributed by atoms with van der Waals surface area (Å²) >= 11 is 0. The molecule has 0 saturated carbocycles. The number of benzene rings is 2. The van der Waals surface area contributed by atoms with Crippen LogP contribution in [-0.2, 0) is 22.1 Å². The molecule has 0 amide bonds. The van der Waals surface area contributed by atoms with Gasteiger partial charge in [-0.2, -0.15) is 13.2 Å². The Morgan fingerprint density at radius 2 is 1.70 bits per heavy atom. The minimum atomic E-state index is -4.33. The monoisotopic (exact) mass is 425 g/mol. The maximum atomic E-state index is 12.5. The van der Waals surface area contributed by atoms with E-state index in [0.29, 0.717) is 12.8 Å². The number of nitrogens with two attached hydrogens (primary N) is 1. The molecule has 30 heavy (non-hydrogen) atoms. The quantitative estimate of drug-likeness (QED) is 0.364. The summed E-state index contributed by atoms with van der Waals surface area (Å²) in [6.45, 7) is 7.22. The van der Waals surface area contributed by atoms with E-state index in [9.17, 15) is 22.4 Å². The Kier molecular flexibility index (Phi) is 10.3. The van der Waals surface area contributed by atoms with Crippen molar-refractivity contribution >= 4 is 5.97 Å². The molecule has 0 aliphatic rings. The number of carbonyl (C=O) groups excluding carboxylic acids is 1. The second-order valence-electron chi connectivity index (χ2n) is 6.93. The van der Waals surface area contributed by atoms with Crippen LogP contribution in [0, 0.1) is 18.7 Å². The van der Waals surface area contributed by atoms with Gasteiger partial charge in [0, 0.05) is 0 Å². The van der Waals surface area contributed by atoms with Crippen LogP contribution in [-0.4, -0.2) is 18.6 Å². The van der Waals surface area contributed by atoms with Crippen LogP contribution in [0.15, 0.2) is 61.2 Å². The molecular formula is C23H27F4NO2. The molecule has 0 fully saturated rings. The normalized spacial score (nSPS) is 12.9. The number of alkyl halides is 3.